The van der Waals surface area contributed by atoms with Crippen LogP contribution in [0.15, 0.2) is 71.9 Å². The molecule has 0 saturated heterocycles. The SMILES string of the molecule is COc1ccccc1Oc1c(NS(=O)(=O)c2ccc(C(C)(C)C)cc2)nc(-c2ncccn2)nc1OCC(C)CO. The molecule has 0 aliphatic heterocycles. The van der Waals surface area contributed by atoms with Gasteiger partial charge in [-0.3, -0.25) is 4.72 Å². The summed E-state index contributed by atoms with van der Waals surface area (Å²) in [6, 6.07) is 15.1. The lowest BCUT2D eigenvalue weighted by molar-refractivity contribution is 0.168. The first-order valence-electron chi connectivity index (χ1n) is 12.9. The van der Waals surface area contributed by atoms with Crippen LogP contribution in [0.2, 0.25) is 0 Å². The smallest absolute Gasteiger partial charge is 0.263 e. The summed E-state index contributed by atoms with van der Waals surface area (Å²) in [7, 11) is -2.66. The molecular weight excluding hydrogens is 546 g/mol. The number of aliphatic hydroxyl groups is 1. The van der Waals surface area contributed by atoms with Gasteiger partial charge in [0.15, 0.2) is 23.1 Å². The highest BCUT2D eigenvalue weighted by Crippen LogP contribution is 2.41. The number of aliphatic hydroxyl groups excluding tert-OH is 1. The molecule has 0 radical (unpaired) electrons. The van der Waals surface area contributed by atoms with Crippen molar-refractivity contribution in [2.24, 2.45) is 5.92 Å². The third-order valence-corrected chi connectivity index (χ3v) is 7.31. The van der Waals surface area contributed by atoms with Crippen molar-refractivity contribution in [1.82, 2.24) is 19.9 Å². The van der Waals surface area contributed by atoms with E-state index in [1.807, 2.05) is 20.8 Å². The Labute approximate surface area is 239 Å². The molecule has 2 aromatic heterocycles. The fourth-order valence-electron chi connectivity index (χ4n) is 3.61. The number of anilines is 1. The predicted molar refractivity (Wildman–Crippen MR) is 154 cm³/mol. The molecule has 0 spiro atoms. The number of ether oxygens (including phenoxy) is 3. The summed E-state index contributed by atoms with van der Waals surface area (Å²) in [5, 5.41) is 9.55. The van der Waals surface area contributed by atoms with Gasteiger partial charge in [0.1, 0.15) is 0 Å². The fourth-order valence-corrected chi connectivity index (χ4v) is 4.62. The number of methoxy groups -OCH3 is 1. The molecule has 2 N–H and O–H groups in total. The lowest BCUT2D eigenvalue weighted by Gasteiger charge is -2.20. The van der Waals surface area contributed by atoms with Crippen LogP contribution >= 0.6 is 0 Å². The van der Waals surface area contributed by atoms with Gasteiger partial charge in [-0.2, -0.15) is 4.98 Å². The van der Waals surface area contributed by atoms with Crippen molar-refractivity contribution in [2.45, 2.75) is 38.0 Å². The first-order valence-corrected chi connectivity index (χ1v) is 14.4. The zero-order valence-electron chi connectivity index (χ0n) is 23.5. The van der Waals surface area contributed by atoms with Crippen LogP contribution in [0.25, 0.3) is 11.6 Å². The van der Waals surface area contributed by atoms with Gasteiger partial charge in [-0.15, -0.1) is 0 Å². The summed E-state index contributed by atoms with van der Waals surface area (Å²) in [5.74, 6) is 0.198. The number of sulfonamides is 1. The van der Waals surface area contributed by atoms with Gasteiger partial charge in [0.25, 0.3) is 15.9 Å². The molecule has 1 unspecified atom stereocenters. The van der Waals surface area contributed by atoms with E-state index in [4.69, 9.17) is 14.2 Å². The Bertz CT molecular complexity index is 1580. The monoisotopic (exact) mass is 579 g/mol. The third-order valence-electron chi connectivity index (χ3n) is 5.96. The molecule has 216 valence electrons. The van der Waals surface area contributed by atoms with Crippen molar-refractivity contribution in [3.63, 3.8) is 0 Å². The zero-order valence-corrected chi connectivity index (χ0v) is 24.3. The molecule has 2 aromatic carbocycles. The lowest BCUT2D eigenvalue weighted by Crippen LogP contribution is -2.18. The van der Waals surface area contributed by atoms with Gasteiger partial charge in [-0.1, -0.05) is 52.0 Å². The normalized spacial score (nSPS) is 12.4. The van der Waals surface area contributed by atoms with Crippen molar-refractivity contribution >= 4 is 15.8 Å². The minimum atomic E-state index is -4.15. The molecule has 0 aliphatic rings. The maximum Gasteiger partial charge on any atom is 0.263 e. The Hall–Kier alpha value is -4.29. The number of nitrogens with zero attached hydrogens (tertiary/aromatic N) is 4. The van der Waals surface area contributed by atoms with Gasteiger partial charge < -0.3 is 19.3 Å². The second-order valence-corrected chi connectivity index (χ2v) is 12.0. The second-order valence-electron chi connectivity index (χ2n) is 10.3. The van der Waals surface area contributed by atoms with Gasteiger partial charge in [-0.05, 0) is 41.3 Å². The molecule has 0 aliphatic carbocycles. The van der Waals surface area contributed by atoms with E-state index < -0.39 is 10.0 Å². The van der Waals surface area contributed by atoms with Crippen LogP contribution in [-0.4, -0.2) is 53.8 Å². The van der Waals surface area contributed by atoms with E-state index >= 15 is 0 Å². The molecule has 11 nitrogen and oxygen atoms in total. The van der Waals surface area contributed by atoms with Gasteiger partial charge in [-0.25, -0.2) is 23.4 Å². The largest absolute Gasteiger partial charge is 0.493 e. The summed E-state index contributed by atoms with van der Waals surface area (Å²) < 4.78 is 47.3. The zero-order chi connectivity index (χ0) is 29.6. The molecule has 0 bridgehead atoms. The molecule has 4 aromatic rings. The van der Waals surface area contributed by atoms with Crippen LogP contribution in [0.5, 0.6) is 23.1 Å². The van der Waals surface area contributed by atoms with E-state index in [0.717, 1.165) is 5.56 Å². The average molecular weight is 580 g/mol. The molecule has 0 fully saturated rings. The summed E-state index contributed by atoms with van der Waals surface area (Å²) in [4.78, 5) is 17.3. The number of nitrogens with one attached hydrogen (secondary N) is 1. The van der Waals surface area contributed by atoms with Crippen LogP contribution in [-0.2, 0) is 15.4 Å². The number of aromatic nitrogens is 4. The van der Waals surface area contributed by atoms with Gasteiger partial charge in [0, 0.05) is 24.9 Å². The Kier molecular flexibility index (Phi) is 9.04. The van der Waals surface area contributed by atoms with E-state index in [1.54, 1.807) is 49.4 Å². The minimum Gasteiger partial charge on any atom is -0.493 e. The number of para-hydroxylation sites is 2. The number of hydrogen-bond donors (Lipinski definition) is 2. The van der Waals surface area contributed by atoms with Gasteiger partial charge >= 0.3 is 0 Å². The standard InChI is InChI=1S/C29H33N5O6S/c1-19(17-35)18-39-28-24(40-23-10-7-6-9-22(23)38-5)25(32-27(33-28)26-30-15-8-16-31-26)34-41(36,37)21-13-11-20(12-14-21)29(2,3)4/h6-16,19,35H,17-18H2,1-5H3,(H,32,33,34). The fraction of sp³-hybridized carbons (Fsp3) is 0.310. The highest BCUT2D eigenvalue weighted by molar-refractivity contribution is 7.92. The van der Waals surface area contributed by atoms with Gasteiger partial charge in [0.2, 0.25) is 11.6 Å². The van der Waals surface area contributed by atoms with Crippen LogP contribution in [0.1, 0.15) is 33.3 Å². The van der Waals surface area contributed by atoms with Crippen LogP contribution in [0.4, 0.5) is 5.82 Å². The topological polar surface area (TPSA) is 146 Å². The molecule has 4 rings (SSSR count). The van der Waals surface area contributed by atoms with E-state index in [1.165, 1.54) is 31.6 Å². The third kappa shape index (κ3) is 7.27. The quantitative estimate of drug-likeness (QED) is 0.253. The van der Waals surface area contributed by atoms with E-state index in [2.05, 4.69) is 24.7 Å². The molecule has 0 amide bonds. The first kappa shape index (κ1) is 29.7. The Balaban J connectivity index is 1.86. The first-order chi connectivity index (χ1) is 19.5. The summed E-state index contributed by atoms with van der Waals surface area (Å²) in [5.41, 5.74) is 0.830. The molecule has 41 heavy (non-hydrogen) atoms. The molecule has 0 saturated carbocycles. The van der Waals surface area contributed by atoms with Crippen LogP contribution in [0, 0.1) is 5.92 Å². The van der Waals surface area contributed by atoms with E-state index in [0.29, 0.717) is 5.75 Å². The van der Waals surface area contributed by atoms with Crippen molar-refractivity contribution < 1.29 is 27.7 Å². The average Bonchev–Trinajstić information content (AvgIpc) is 2.97. The summed E-state index contributed by atoms with van der Waals surface area (Å²) in [6.45, 7) is 7.85. The number of rotatable bonds is 11. The predicted octanol–water partition coefficient (Wildman–Crippen LogP) is 4.84. The highest BCUT2D eigenvalue weighted by atomic mass is 32.2. The molecule has 1 atom stereocenters. The lowest BCUT2D eigenvalue weighted by atomic mass is 9.87. The van der Waals surface area contributed by atoms with Crippen molar-refractivity contribution in [3.8, 4) is 34.8 Å². The number of benzene rings is 2. The van der Waals surface area contributed by atoms with Crippen molar-refractivity contribution in [3.05, 3.63) is 72.6 Å². The molecular formula is C29H33N5O6S. The van der Waals surface area contributed by atoms with Crippen LogP contribution < -0.4 is 18.9 Å². The molecule has 2 heterocycles. The van der Waals surface area contributed by atoms with Gasteiger partial charge in [0.05, 0.1) is 18.6 Å². The minimum absolute atomic E-state index is 0.00501. The van der Waals surface area contributed by atoms with E-state index in [9.17, 15) is 13.5 Å². The Morgan fingerprint density at radius 1 is 0.927 bits per heavy atom. The van der Waals surface area contributed by atoms with Crippen molar-refractivity contribution in [1.29, 1.82) is 0 Å². The van der Waals surface area contributed by atoms with E-state index in [-0.39, 0.29) is 64.3 Å². The highest BCUT2D eigenvalue weighted by Gasteiger charge is 2.26. The van der Waals surface area contributed by atoms with Crippen molar-refractivity contribution in [2.75, 3.05) is 25.0 Å². The Morgan fingerprint density at radius 2 is 1.59 bits per heavy atom. The second kappa shape index (κ2) is 12.5. The summed E-state index contributed by atoms with van der Waals surface area (Å²) >= 11 is 0. The maximum absolute atomic E-state index is 13.6. The Morgan fingerprint density at radius 3 is 2.20 bits per heavy atom. The number of hydrogen-bond acceptors (Lipinski definition) is 10. The summed E-state index contributed by atoms with van der Waals surface area (Å²) in [6.07, 6.45) is 3.03. The molecule has 12 heteroatoms. The maximum atomic E-state index is 13.6. The van der Waals surface area contributed by atoms with Crippen LogP contribution in [0.3, 0.4) is 0 Å².